The maximum absolute atomic E-state index is 12.6. The first-order valence-electron chi connectivity index (χ1n) is 12.0. The van der Waals surface area contributed by atoms with E-state index in [1.807, 2.05) is 30.3 Å². The maximum atomic E-state index is 12.6. The number of nitrogens with one attached hydrogen (secondary N) is 2. The van der Waals surface area contributed by atoms with Crippen LogP contribution in [0.1, 0.15) is 49.3 Å². The van der Waals surface area contributed by atoms with E-state index in [0.29, 0.717) is 30.8 Å². The van der Waals surface area contributed by atoms with Crippen molar-refractivity contribution in [3.63, 3.8) is 0 Å². The zero-order chi connectivity index (χ0) is 25.8. The minimum Gasteiger partial charge on any atom is -0.493 e. The van der Waals surface area contributed by atoms with Crippen LogP contribution in [0.4, 0.5) is 0 Å². The lowest BCUT2D eigenvalue weighted by Crippen LogP contribution is -2.42. The summed E-state index contributed by atoms with van der Waals surface area (Å²) in [6.07, 6.45) is 1.75. The fourth-order valence-electron chi connectivity index (χ4n) is 4.17. The van der Waals surface area contributed by atoms with Crippen molar-refractivity contribution < 1.29 is 18.3 Å². The average molecular weight is 508 g/mol. The van der Waals surface area contributed by atoms with Gasteiger partial charge in [-0.2, -0.15) is 5.10 Å². The fraction of sp³-hybridized carbons (Fsp3) is 0.321. The van der Waals surface area contributed by atoms with Gasteiger partial charge in [0, 0.05) is 35.8 Å². The highest BCUT2D eigenvalue weighted by Gasteiger charge is 2.26. The lowest BCUT2D eigenvalue weighted by Gasteiger charge is -2.23. The van der Waals surface area contributed by atoms with Gasteiger partial charge in [0.1, 0.15) is 5.75 Å². The lowest BCUT2D eigenvalue weighted by molar-refractivity contribution is 0.193. The molecule has 36 heavy (non-hydrogen) atoms. The van der Waals surface area contributed by atoms with Crippen molar-refractivity contribution in [1.29, 1.82) is 0 Å². The Morgan fingerprint density at radius 1 is 1.00 bits per heavy atom. The Morgan fingerprint density at radius 2 is 1.75 bits per heavy atom. The van der Waals surface area contributed by atoms with Crippen molar-refractivity contribution in [1.82, 2.24) is 14.9 Å². The number of benzene rings is 3. The molecule has 0 fully saturated rings. The molecular formula is C28H33N3O4S. The van der Waals surface area contributed by atoms with Gasteiger partial charge < -0.3 is 9.84 Å². The van der Waals surface area contributed by atoms with E-state index in [2.05, 4.69) is 45.3 Å². The minimum atomic E-state index is -3.71. The summed E-state index contributed by atoms with van der Waals surface area (Å²) in [5, 5.41) is 20.2. The molecule has 3 aromatic carbocycles. The fourth-order valence-corrected chi connectivity index (χ4v) is 5.78. The van der Waals surface area contributed by atoms with E-state index in [0.717, 1.165) is 16.8 Å². The van der Waals surface area contributed by atoms with E-state index in [9.17, 15) is 13.5 Å². The van der Waals surface area contributed by atoms with E-state index in [1.165, 1.54) is 10.8 Å². The standard InChI is InChI=1S/C28H33N3O4S/c1-28(2,3)31-36(33,34)19-26(32)25-11-9-21(17-24-12-14-29-30-24)18-27(25)35-15-13-20-8-10-22-6-4-5-7-23(22)16-20/h4-12,14,16,18,26,31-32H,13,15,17,19H2,1-3H3,(H,29,30). The molecule has 1 unspecified atom stereocenters. The lowest BCUT2D eigenvalue weighted by atomic mass is 10.0. The molecule has 1 atom stereocenters. The van der Waals surface area contributed by atoms with Gasteiger partial charge >= 0.3 is 0 Å². The topological polar surface area (TPSA) is 104 Å². The second kappa shape index (κ2) is 10.8. The van der Waals surface area contributed by atoms with Gasteiger partial charge in [-0.1, -0.05) is 54.6 Å². The number of aliphatic hydroxyl groups excluding tert-OH is 1. The SMILES string of the molecule is CC(C)(C)NS(=O)(=O)CC(O)c1ccc(Cc2ccn[nH]2)cc1OCCc1ccc2ccccc2c1. The van der Waals surface area contributed by atoms with Crippen LogP contribution in [0.5, 0.6) is 5.75 Å². The Bertz CT molecular complexity index is 1410. The third kappa shape index (κ3) is 7.16. The first-order valence-corrected chi connectivity index (χ1v) is 13.6. The highest BCUT2D eigenvalue weighted by Crippen LogP contribution is 2.29. The van der Waals surface area contributed by atoms with Crippen LogP contribution in [-0.2, 0) is 22.9 Å². The monoisotopic (exact) mass is 507 g/mol. The van der Waals surface area contributed by atoms with Crippen molar-refractivity contribution in [3.8, 4) is 5.75 Å². The number of fused-ring (bicyclic) bond motifs is 1. The van der Waals surface area contributed by atoms with Gasteiger partial charge in [-0.05, 0) is 54.8 Å². The Morgan fingerprint density at radius 3 is 2.47 bits per heavy atom. The van der Waals surface area contributed by atoms with E-state index in [-0.39, 0.29) is 0 Å². The predicted molar refractivity (Wildman–Crippen MR) is 143 cm³/mol. The summed E-state index contributed by atoms with van der Waals surface area (Å²) >= 11 is 0. The highest BCUT2D eigenvalue weighted by molar-refractivity contribution is 7.89. The number of rotatable bonds is 10. The van der Waals surface area contributed by atoms with E-state index >= 15 is 0 Å². The molecule has 1 aromatic heterocycles. The second-order valence-corrected chi connectivity index (χ2v) is 11.8. The summed E-state index contributed by atoms with van der Waals surface area (Å²) in [7, 11) is -3.71. The second-order valence-electron chi connectivity index (χ2n) is 10.1. The Balaban J connectivity index is 1.52. The number of aromatic nitrogens is 2. The van der Waals surface area contributed by atoms with E-state index < -0.39 is 27.4 Å². The summed E-state index contributed by atoms with van der Waals surface area (Å²) in [6.45, 7) is 5.69. The van der Waals surface area contributed by atoms with Crippen molar-refractivity contribution in [2.45, 2.75) is 45.3 Å². The minimum absolute atomic E-state index is 0.387. The van der Waals surface area contributed by atoms with Crippen molar-refractivity contribution in [3.05, 3.63) is 95.3 Å². The Hall–Kier alpha value is -3.20. The third-order valence-electron chi connectivity index (χ3n) is 5.69. The van der Waals surface area contributed by atoms with Crippen LogP contribution in [0, 0.1) is 0 Å². The summed E-state index contributed by atoms with van der Waals surface area (Å²) in [6, 6.07) is 21.9. The molecule has 8 heteroatoms. The predicted octanol–water partition coefficient (Wildman–Crippen LogP) is 4.53. The van der Waals surface area contributed by atoms with Gasteiger partial charge in [-0.15, -0.1) is 0 Å². The molecule has 0 radical (unpaired) electrons. The molecule has 4 aromatic rings. The van der Waals surface area contributed by atoms with Crippen molar-refractivity contribution in [2.75, 3.05) is 12.4 Å². The van der Waals surface area contributed by atoms with E-state index in [1.54, 1.807) is 33.0 Å². The maximum Gasteiger partial charge on any atom is 0.214 e. The number of sulfonamides is 1. The number of nitrogens with zero attached hydrogens (tertiary/aromatic N) is 1. The average Bonchev–Trinajstić information content (AvgIpc) is 3.30. The van der Waals surface area contributed by atoms with Gasteiger partial charge in [0.15, 0.2) is 0 Å². The zero-order valence-electron chi connectivity index (χ0n) is 20.9. The number of aliphatic hydroxyl groups is 1. The molecule has 0 aliphatic heterocycles. The van der Waals surface area contributed by atoms with Crippen molar-refractivity contribution >= 4 is 20.8 Å². The van der Waals surface area contributed by atoms with Crippen LogP contribution in [0.15, 0.2) is 72.9 Å². The third-order valence-corrected chi connectivity index (χ3v) is 7.37. The number of H-pyrrole nitrogens is 1. The highest BCUT2D eigenvalue weighted by atomic mass is 32.2. The quantitative estimate of drug-likeness (QED) is 0.293. The molecule has 7 nitrogen and oxygen atoms in total. The summed E-state index contributed by atoms with van der Waals surface area (Å²) in [5.74, 6) is 0.0248. The molecule has 0 amide bonds. The van der Waals surface area contributed by atoms with Gasteiger partial charge in [0.2, 0.25) is 10.0 Å². The molecule has 0 spiro atoms. The van der Waals surface area contributed by atoms with E-state index in [4.69, 9.17) is 4.74 Å². The van der Waals surface area contributed by atoms with Gasteiger partial charge in [0.25, 0.3) is 0 Å². The molecule has 0 bridgehead atoms. The molecule has 4 rings (SSSR count). The summed E-state index contributed by atoms with van der Waals surface area (Å²) in [4.78, 5) is 0. The van der Waals surface area contributed by atoms with Crippen LogP contribution in [0.2, 0.25) is 0 Å². The number of ether oxygens (including phenoxy) is 1. The Labute approximate surface area is 212 Å². The molecule has 0 aliphatic rings. The van der Waals surface area contributed by atoms with Gasteiger partial charge in [-0.3, -0.25) is 5.10 Å². The number of hydrogen-bond acceptors (Lipinski definition) is 5. The normalized spacial score (nSPS) is 13.1. The molecule has 190 valence electrons. The van der Waals surface area contributed by atoms with Crippen LogP contribution in [0.25, 0.3) is 10.8 Å². The zero-order valence-corrected chi connectivity index (χ0v) is 21.7. The van der Waals surface area contributed by atoms with Crippen LogP contribution in [0.3, 0.4) is 0 Å². The number of aromatic amines is 1. The first kappa shape index (κ1) is 25.9. The first-order chi connectivity index (χ1) is 17.1. The van der Waals surface area contributed by atoms with Crippen LogP contribution < -0.4 is 9.46 Å². The van der Waals surface area contributed by atoms with Crippen LogP contribution >= 0.6 is 0 Å². The molecule has 3 N–H and O–H groups in total. The van der Waals surface area contributed by atoms with Crippen molar-refractivity contribution in [2.24, 2.45) is 0 Å². The Kier molecular flexibility index (Phi) is 7.78. The molecule has 0 aliphatic carbocycles. The van der Waals surface area contributed by atoms with Gasteiger partial charge in [-0.25, -0.2) is 13.1 Å². The molecule has 0 saturated heterocycles. The summed E-state index contributed by atoms with van der Waals surface area (Å²) in [5.41, 5.74) is 2.86. The molecular weight excluding hydrogens is 474 g/mol. The smallest absolute Gasteiger partial charge is 0.214 e. The largest absolute Gasteiger partial charge is 0.493 e. The molecule has 1 heterocycles. The molecule has 0 saturated carbocycles. The van der Waals surface area contributed by atoms with Gasteiger partial charge in [0.05, 0.1) is 18.5 Å². The number of hydrogen-bond donors (Lipinski definition) is 3. The van der Waals surface area contributed by atoms with Crippen LogP contribution in [-0.4, -0.2) is 41.6 Å². The summed E-state index contributed by atoms with van der Waals surface area (Å²) < 4.78 is 34.0.